The van der Waals surface area contributed by atoms with E-state index < -0.39 is 29.2 Å². The number of fused-ring (bicyclic) bond motifs is 1. The lowest BCUT2D eigenvalue weighted by Crippen LogP contribution is -2.38. The number of nitriles is 2. The van der Waals surface area contributed by atoms with Gasteiger partial charge in [-0.2, -0.15) is 10.5 Å². The highest BCUT2D eigenvalue weighted by Crippen LogP contribution is 2.36. The second-order valence-electron chi connectivity index (χ2n) is 15.8. The average molecular weight is 779 g/mol. The minimum Gasteiger partial charge on any atom is -0.506 e. The Morgan fingerprint density at radius 3 is 1.67 bits per heavy atom. The first-order chi connectivity index (χ1) is 26.6. The van der Waals surface area contributed by atoms with Crippen molar-refractivity contribution in [1.29, 1.82) is 10.5 Å². The lowest BCUT2D eigenvalue weighted by atomic mass is 10.1. The van der Waals surface area contributed by atoms with Crippen LogP contribution in [0.4, 0.5) is 21.0 Å². The summed E-state index contributed by atoms with van der Waals surface area (Å²) in [6.45, 7) is 18.2. The van der Waals surface area contributed by atoms with E-state index in [4.69, 9.17) is 29.5 Å². The number of amides is 2. The van der Waals surface area contributed by atoms with Gasteiger partial charge in [-0.15, -0.1) is 0 Å². The molecule has 0 fully saturated rings. The molecular weight excluding hydrogens is 729 g/mol. The number of pyridine rings is 2. The number of aromatic nitrogens is 2. The van der Waals surface area contributed by atoms with E-state index in [1.54, 1.807) is 82.4 Å². The molecule has 0 atom stereocenters. The molecule has 0 bridgehead atoms. The fourth-order valence-electron chi connectivity index (χ4n) is 5.55. The largest absolute Gasteiger partial charge is 0.506 e. The first-order valence-corrected chi connectivity index (χ1v) is 18.2. The molecular formula is C43H50N6O8. The van der Waals surface area contributed by atoms with E-state index in [1.165, 1.54) is 16.0 Å². The summed E-state index contributed by atoms with van der Waals surface area (Å²) in [7, 11) is 0. The third-order valence-corrected chi connectivity index (χ3v) is 8.41. The van der Waals surface area contributed by atoms with Crippen LogP contribution in [0.3, 0.4) is 0 Å². The van der Waals surface area contributed by atoms with E-state index in [0.717, 1.165) is 16.8 Å². The summed E-state index contributed by atoms with van der Waals surface area (Å²) in [6.07, 6.45) is 2.18. The number of aryl methyl sites for hydroxylation is 2. The highest BCUT2D eigenvalue weighted by Gasteiger charge is 2.32. The van der Waals surface area contributed by atoms with Gasteiger partial charge in [-0.1, -0.05) is 0 Å². The maximum absolute atomic E-state index is 13.0. The smallest absolute Gasteiger partial charge is 0.415 e. The number of anilines is 2. The van der Waals surface area contributed by atoms with Gasteiger partial charge >= 0.3 is 12.2 Å². The van der Waals surface area contributed by atoms with Gasteiger partial charge in [-0.3, -0.25) is 19.8 Å². The van der Waals surface area contributed by atoms with Gasteiger partial charge in [0, 0.05) is 48.7 Å². The molecule has 0 saturated carbocycles. The molecule has 3 heterocycles. The summed E-state index contributed by atoms with van der Waals surface area (Å²) in [5, 5.41) is 37.8. The predicted molar refractivity (Wildman–Crippen MR) is 212 cm³/mol. The van der Waals surface area contributed by atoms with Crippen molar-refractivity contribution < 1.29 is 38.7 Å². The SMILES string of the molecule is Cc1ncc(CN(C(=O)OC(C)(C)C)c2ccc(C#N)cc2)c(CO)c1O.Cc1ncc(CN(C(=O)OC(C)(C)C)c2ccc(C#N)cc2)c2c1OC(C)(C)OC2. The average Bonchev–Trinajstić information content (AvgIpc) is 3.14. The molecule has 2 aromatic carbocycles. The van der Waals surface area contributed by atoms with E-state index >= 15 is 0 Å². The van der Waals surface area contributed by atoms with Crippen molar-refractivity contribution in [2.75, 3.05) is 9.80 Å². The van der Waals surface area contributed by atoms with Crippen LogP contribution in [0.1, 0.15) is 100 Å². The minimum absolute atomic E-state index is 0.0392. The van der Waals surface area contributed by atoms with Gasteiger partial charge in [-0.05, 0) is 115 Å². The number of carbonyl (C=O) groups excluding carboxylic acids is 2. The molecule has 0 aliphatic carbocycles. The number of nitrogens with zero attached hydrogens (tertiary/aromatic N) is 6. The topological polar surface area (TPSA) is 191 Å². The first kappa shape index (κ1) is 43.5. The van der Waals surface area contributed by atoms with Gasteiger partial charge in [0.2, 0.25) is 5.79 Å². The number of hydrogen-bond donors (Lipinski definition) is 2. The maximum Gasteiger partial charge on any atom is 0.415 e. The van der Waals surface area contributed by atoms with E-state index in [1.807, 2.05) is 47.6 Å². The number of rotatable bonds is 7. The Morgan fingerprint density at radius 2 is 1.23 bits per heavy atom. The van der Waals surface area contributed by atoms with Gasteiger partial charge in [-0.25, -0.2) is 9.59 Å². The Bertz CT molecular complexity index is 2160. The number of carbonyl (C=O) groups is 2. The van der Waals surface area contributed by atoms with Crippen LogP contribution in [0.15, 0.2) is 60.9 Å². The highest BCUT2D eigenvalue weighted by molar-refractivity contribution is 5.88. The van der Waals surface area contributed by atoms with E-state index in [0.29, 0.717) is 51.7 Å². The Balaban J connectivity index is 0.000000254. The molecule has 1 aliphatic heterocycles. The van der Waals surface area contributed by atoms with Gasteiger partial charge in [0.1, 0.15) is 22.7 Å². The van der Waals surface area contributed by atoms with Crippen molar-refractivity contribution in [3.8, 4) is 23.6 Å². The standard InChI is InChI=1S/C23H27N3O4.C20H23N3O4/c1-15-20-19(14-28-23(5,6)29-20)17(12-25-15)13-26(21(27)30-22(2,3)4)18-9-7-16(11-24)8-10-18;1-13-18(25)17(12-24)15(10-22-13)11-23(19(26)27-20(2,3)4)16-7-5-14(9-21)6-8-16/h7-10,12H,13-14H2,1-6H3;5-8,10,24-25H,11-12H2,1-4H3. The molecule has 2 amide bonds. The van der Waals surface area contributed by atoms with Crippen LogP contribution >= 0.6 is 0 Å². The van der Waals surface area contributed by atoms with Crippen LogP contribution in [-0.2, 0) is 40.5 Å². The zero-order valence-electron chi connectivity index (χ0n) is 34.1. The molecule has 5 rings (SSSR count). The number of aromatic hydroxyl groups is 1. The highest BCUT2D eigenvalue weighted by atomic mass is 16.7. The zero-order chi connectivity index (χ0) is 42.3. The maximum atomic E-state index is 13.0. The molecule has 57 heavy (non-hydrogen) atoms. The van der Waals surface area contributed by atoms with Crippen molar-refractivity contribution >= 4 is 23.6 Å². The summed E-state index contributed by atoms with van der Waals surface area (Å²) >= 11 is 0. The second kappa shape index (κ2) is 17.7. The van der Waals surface area contributed by atoms with Gasteiger partial charge in [0.05, 0.1) is 61.0 Å². The summed E-state index contributed by atoms with van der Waals surface area (Å²) < 4.78 is 22.9. The molecule has 2 N–H and O–H groups in total. The summed E-state index contributed by atoms with van der Waals surface area (Å²) in [4.78, 5) is 37.2. The Labute approximate surface area is 333 Å². The van der Waals surface area contributed by atoms with Crippen LogP contribution in [-0.4, -0.2) is 49.4 Å². The molecule has 14 nitrogen and oxygen atoms in total. The molecule has 0 radical (unpaired) electrons. The van der Waals surface area contributed by atoms with Crippen molar-refractivity contribution in [1.82, 2.24) is 9.97 Å². The summed E-state index contributed by atoms with van der Waals surface area (Å²) in [6, 6.07) is 17.4. The molecule has 2 aromatic heterocycles. The zero-order valence-corrected chi connectivity index (χ0v) is 34.1. The first-order valence-electron chi connectivity index (χ1n) is 18.2. The van der Waals surface area contributed by atoms with E-state index in [-0.39, 0.29) is 25.4 Å². The number of ether oxygens (including phenoxy) is 4. The Kier molecular flexibility index (Phi) is 13.5. The molecule has 0 saturated heterocycles. The van der Waals surface area contributed by atoms with Crippen LogP contribution in [0, 0.1) is 36.5 Å². The van der Waals surface area contributed by atoms with E-state index in [9.17, 15) is 19.8 Å². The number of aliphatic hydroxyl groups is 1. The molecule has 0 spiro atoms. The third-order valence-electron chi connectivity index (χ3n) is 8.41. The van der Waals surface area contributed by atoms with Crippen LogP contribution in [0.2, 0.25) is 0 Å². The van der Waals surface area contributed by atoms with Crippen molar-refractivity contribution in [2.24, 2.45) is 0 Å². The monoisotopic (exact) mass is 778 g/mol. The molecule has 0 unspecified atom stereocenters. The van der Waals surface area contributed by atoms with Gasteiger partial charge in [0.15, 0.2) is 0 Å². The number of benzene rings is 2. The summed E-state index contributed by atoms with van der Waals surface area (Å²) in [5.41, 5.74) is 4.42. The quantitative estimate of drug-likeness (QED) is 0.183. The molecule has 4 aromatic rings. The van der Waals surface area contributed by atoms with E-state index in [2.05, 4.69) is 16.0 Å². The lowest BCUT2D eigenvalue weighted by molar-refractivity contribution is -0.180. The minimum atomic E-state index is -0.740. The Morgan fingerprint density at radius 1 is 0.789 bits per heavy atom. The fourth-order valence-corrected chi connectivity index (χ4v) is 5.55. The molecule has 1 aliphatic rings. The number of hydrogen-bond acceptors (Lipinski definition) is 12. The van der Waals surface area contributed by atoms with Crippen LogP contribution < -0.4 is 14.5 Å². The second-order valence-corrected chi connectivity index (χ2v) is 15.8. The third kappa shape index (κ3) is 11.6. The van der Waals surface area contributed by atoms with Gasteiger partial charge in [0.25, 0.3) is 0 Å². The van der Waals surface area contributed by atoms with Crippen LogP contribution in [0.5, 0.6) is 11.5 Å². The van der Waals surface area contributed by atoms with Crippen LogP contribution in [0.25, 0.3) is 0 Å². The van der Waals surface area contributed by atoms with Crippen molar-refractivity contribution in [3.63, 3.8) is 0 Å². The Hall–Kier alpha value is -6.22. The predicted octanol–water partition coefficient (Wildman–Crippen LogP) is 8.25. The van der Waals surface area contributed by atoms with Crippen molar-refractivity contribution in [3.05, 3.63) is 106 Å². The molecule has 300 valence electrons. The fraction of sp³-hybridized carbons (Fsp3) is 0.395. The summed E-state index contributed by atoms with van der Waals surface area (Å²) in [5.74, 6) is -0.151. The van der Waals surface area contributed by atoms with Crippen molar-refractivity contribution in [2.45, 2.75) is 113 Å². The molecule has 14 heteroatoms. The van der Waals surface area contributed by atoms with Gasteiger partial charge < -0.3 is 29.2 Å². The number of aliphatic hydroxyl groups excluding tert-OH is 1. The normalized spacial score (nSPS) is 13.0. The lowest BCUT2D eigenvalue weighted by Gasteiger charge is -2.35.